The predicted molar refractivity (Wildman–Crippen MR) is 102 cm³/mol. The average molecular weight is 378 g/mol. The second-order valence-electron chi connectivity index (χ2n) is 6.31. The number of aryl methyl sites for hydroxylation is 2. The molecule has 0 bridgehead atoms. The summed E-state index contributed by atoms with van der Waals surface area (Å²) in [6.07, 6.45) is 3.04. The summed E-state index contributed by atoms with van der Waals surface area (Å²) in [6, 6.07) is 13.9. The summed E-state index contributed by atoms with van der Waals surface area (Å²) in [6.45, 7) is 2.85. The Bertz CT molecular complexity index is 1130. The van der Waals surface area contributed by atoms with Gasteiger partial charge in [0, 0.05) is 12.3 Å². The van der Waals surface area contributed by atoms with E-state index in [9.17, 15) is 10.1 Å². The van der Waals surface area contributed by atoms with E-state index >= 15 is 0 Å². The third-order valence-electron chi connectivity index (χ3n) is 4.49. The van der Waals surface area contributed by atoms with Crippen molar-refractivity contribution in [2.75, 3.05) is 0 Å². The zero-order valence-electron chi connectivity index (χ0n) is 15.2. The van der Waals surface area contributed by atoms with Crippen LogP contribution in [-0.2, 0) is 19.7 Å². The number of rotatable bonds is 7. The van der Waals surface area contributed by atoms with Crippen LogP contribution in [0.4, 0.5) is 5.82 Å². The number of ether oxygens (including phenoxy) is 1. The molecule has 0 aliphatic rings. The van der Waals surface area contributed by atoms with Crippen LogP contribution in [0.1, 0.15) is 11.5 Å². The van der Waals surface area contributed by atoms with Crippen LogP contribution in [0.2, 0.25) is 0 Å². The van der Waals surface area contributed by atoms with Crippen LogP contribution in [0, 0.1) is 17.0 Å². The zero-order valence-corrected chi connectivity index (χ0v) is 15.2. The standard InChI is InChI=1S/C19H18N6O3/c1-14-20-11-19(25(26)27)24(14)10-9-23-12-16(21-22-23)13-28-18-8-4-6-15-5-2-3-7-17(15)18/h2-8,11-12H,9-10,13H2,1H3. The van der Waals surface area contributed by atoms with Crippen LogP contribution in [-0.4, -0.2) is 29.5 Å². The molecule has 2 heterocycles. The van der Waals surface area contributed by atoms with E-state index in [1.54, 1.807) is 22.4 Å². The molecule has 0 saturated heterocycles. The van der Waals surface area contributed by atoms with Gasteiger partial charge in [0.05, 0.1) is 12.7 Å². The van der Waals surface area contributed by atoms with Gasteiger partial charge in [-0.25, -0.2) is 14.2 Å². The molecule has 0 unspecified atom stereocenters. The first-order chi connectivity index (χ1) is 13.6. The summed E-state index contributed by atoms with van der Waals surface area (Å²) in [4.78, 5) is 14.6. The van der Waals surface area contributed by atoms with Gasteiger partial charge in [0.15, 0.2) is 5.82 Å². The molecular formula is C19H18N6O3. The van der Waals surface area contributed by atoms with E-state index < -0.39 is 4.92 Å². The molecule has 0 atom stereocenters. The largest absolute Gasteiger partial charge is 0.487 e. The molecule has 9 heteroatoms. The number of nitro groups is 1. The fraction of sp³-hybridized carbons (Fsp3) is 0.211. The lowest BCUT2D eigenvalue weighted by Gasteiger charge is -2.07. The third kappa shape index (κ3) is 3.54. The molecule has 0 radical (unpaired) electrons. The first-order valence-corrected chi connectivity index (χ1v) is 8.78. The SMILES string of the molecule is Cc1ncc([N+](=O)[O-])n1CCn1cc(COc2cccc3ccccc23)nn1. The predicted octanol–water partition coefficient (Wildman–Crippen LogP) is 3.12. The van der Waals surface area contributed by atoms with Crippen LogP contribution < -0.4 is 4.74 Å². The Hall–Kier alpha value is -3.75. The molecule has 4 aromatic rings. The minimum absolute atomic E-state index is 0.0304. The van der Waals surface area contributed by atoms with Crippen molar-refractivity contribution in [3.8, 4) is 5.75 Å². The van der Waals surface area contributed by atoms with Crippen LogP contribution in [0.5, 0.6) is 5.75 Å². The van der Waals surface area contributed by atoms with Gasteiger partial charge in [0.1, 0.15) is 30.8 Å². The Morgan fingerprint density at radius 1 is 1.14 bits per heavy atom. The second kappa shape index (κ2) is 7.47. The molecule has 0 fully saturated rings. The molecule has 0 aliphatic heterocycles. The van der Waals surface area contributed by atoms with E-state index in [4.69, 9.17) is 4.74 Å². The molecule has 2 aromatic heterocycles. The second-order valence-corrected chi connectivity index (χ2v) is 6.31. The molecule has 0 aliphatic carbocycles. The topological polar surface area (TPSA) is 101 Å². The highest BCUT2D eigenvalue weighted by molar-refractivity contribution is 5.88. The van der Waals surface area contributed by atoms with E-state index in [1.165, 1.54) is 6.20 Å². The van der Waals surface area contributed by atoms with Gasteiger partial charge in [0.2, 0.25) is 0 Å². The van der Waals surface area contributed by atoms with E-state index in [2.05, 4.69) is 15.3 Å². The highest BCUT2D eigenvalue weighted by Crippen LogP contribution is 2.25. The molecule has 9 nitrogen and oxygen atoms in total. The van der Waals surface area contributed by atoms with Gasteiger partial charge in [0.25, 0.3) is 0 Å². The lowest BCUT2D eigenvalue weighted by Crippen LogP contribution is -2.11. The Kier molecular flexibility index (Phi) is 4.71. The van der Waals surface area contributed by atoms with Crippen molar-refractivity contribution < 1.29 is 9.66 Å². The summed E-state index contributed by atoms with van der Waals surface area (Å²) in [5, 5.41) is 21.4. The van der Waals surface area contributed by atoms with Gasteiger partial charge in [-0.05, 0) is 16.4 Å². The summed E-state index contributed by atoms with van der Waals surface area (Å²) in [7, 11) is 0. The van der Waals surface area contributed by atoms with Crippen molar-refractivity contribution in [1.29, 1.82) is 0 Å². The first-order valence-electron chi connectivity index (χ1n) is 8.78. The van der Waals surface area contributed by atoms with Gasteiger partial charge in [-0.2, -0.15) is 0 Å². The highest BCUT2D eigenvalue weighted by Gasteiger charge is 2.17. The van der Waals surface area contributed by atoms with Gasteiger partial charge >= 0.3 is 5.82 Å². The summed E-state index contributed by atoms with van der Waals surface area (Å²) >= 11 is 0. The number of nitrogens with zero attached hydrogens (tertiary/aromatic N) is 6. The van der Waals surface area contributed by atoms with Crippen molar-refractivity contribution in [3.05, 3.63) is 76.5 Å². The van der Waals surface area contributed by atoms with Gasteiger partial charge in [-0.1, -0.05) is 41.6 Å². The molecule has 142 valence electrons. The maximum absolute atomic E-state index is 11.1. The molecule has 4 rings (SSSR count). The number of benzene rings is 2. The van der Waals surface area contributed by atoms with E-state index in [0.717, 1.165) is 16.5 Å². The van der Waals surface area contributed by atoms with Crippen molar-refractivity contribution in [2.45, 2.75) is 26.6 Å². The summed E-state index contributed by atoms with van der Waals surface area (Å²) in [5.41, 5.74) is 0.685. The van der Waals surface area contributed by atoms with Crippen LogP contribution in [0.15, 0.2) is 54.9 Å². The van der Waals surface area contributed by atoms with Crippen molar-refractivity contribution in [1.82, 2.24) is 24.5 Å². The van der Waals surface area contributed by atoms with E-state index in [-0.39, 0.29) is 12.4 Å². The van der Waals surface area contributed by atoms with E-state index in [0.29, 0.717) is 24.6 Å². The van der Waals surface area contributed by atoms with Gasteiger partial charge in [-0.15, -0.1) is 5.10 Å². The molecule has 28 heavy (non-hydrogen) atoms. The van der Waals surface area contributed by atoms with E-state index in [1.807, 2.05) is 42.5 Å². The molecule has 0 spiro atoms. The smallest absolute Gasteiger partial charge is 0.342 e. The number of fused-ring (bicyclic) bond motifs is 1. The minimum atomic E-state index is -0.440. The normalized spacial score (nSPS) is 11.0. The number of aromatic nitrogens is 5. The molecule has 0 N–H and O–H groups in total. The van der Waals surface area contributed by atoms with Gasteiger partial charge < -0.3 is 14.9 Å². The maximum atomic E-state index is 11.1. The Labute approximate surface area is 160 Å². The van der Waals surface area contributed by atoms with Gasteiger partial charge in [-0.3, -0.25) is 0 Å². The zero-order chi connectivity index (χ0) is 19.5. The lowest BCUT2D eigenvalue weighted by molar-refractivity contribution is -0.392. The summed E-state index contributed by atoms with van der Waals surface area (Å²) in [5.74, 6) is 1.35. The Morgan fingerprint density at radius 3 is 2.82 bits per heavy atom. The molecular weight excluding hydrogens is 360 g/mol. The van der Waals surface area contributed by atoms with Crippen molar-refractivity contribution >= 4 is 16.6 Å². The fourth-order valence-corrected chi connectivity index (χ4v) is 3.07. The van der Waals surface area contributed by atoms with Crippen molar-refractivity contribution in [2.24, 2.45) is 0 Å². The lowest BCUT2D eigenvalue weighted by atomic mass is 10.1. The Morgan fingerprint density at radius 2 is 1.96 bits per heavy atom. The quantitative estimate of drug-likeness (QED) is 0.362. The fourth-order valence-electron chi connectivity index (χ4n) is 3.07. The highest BCUT2D eigenvalue weighted by atomic mass is 16.6. The number of hydrogen-bond donors (Lipinski definition) is 0. The molecule has 2 aromatic carbocycles. The maximum Gasteiger partial charge on any atom is 0.342 e. The number of imidazole rings is 1. The average Bonchev–Trinajstić information content (AvgIpc) is 3.31. The van der Waals surface area contributed by atoms with Crippen LogP contribution in [0.25, 0.3) is 10.8 Å². The minimum Gasteiger partial charge on any atom is -0.487 e. The van der Waals surface area contributed by atoms with Crippen LogP contribution >= 0.6 is 0 Å². The van der Waals surface area contributed by atoms with Crippen molar-refractivity contribution in [3.63, 3.8) is 0 Å². The van der Waals surface area contributed by atoms with Crippen LogP contribution in [0.3, 0.4) is 0 Å². The summed E-state index contributed by atoms with van der Waals surface area (Å²) < 4.78 is 9.11. The first kappa shape index (κ1) is 17.7. The molecule has 0 saturated carbocycles. The molecule has 0 amide bonds. The Balaban J connectivity index is 1.41. The number of hydrogen-bond acceptors (Lipinski definition) is 6. The monoisotopic (exact) mass is 378 g/mol. The third-order valence-corrected chi connectivity index (χ3v) is 4.49.